The van der Waals surface area contributed by atoms with Gasteiger partial charge in [0.25, 0.3) is 5.91 Å². The molecule has 3 aromatic carbocycles. The van der Waals surface area contributed by atoms with Crippen LogP contribution in [0, 0.1) is 0 Å². The quantitative estimate of drug-likeness (QED) is 0.589. The van der Waals surface area contributed by atoms with E-state index in [2.05, 4.69) is 49.2 Å². The van der Waals surface area contributed by atoms with Crippen LogP contribution in [0.25, 0.3) is 10.8 Å². The number of carbonyl (C=O) groups is 2. The first-order valence-electron chi connectivity index (χ1n) is 10.4. The Labute approximate surface area is 178 Å². The van der Waals surface area contributed by atoms with E-state index in [9.17, 15) is 9.59 Å². The lowest BCUT2D eigenvalue weighted by Crippen LogP contribution is -2.45. The first-order valence-corrected chi connectivity index (χ1v) is 14.2. The van der Waals surface area contributed by atoms with Crippen LogP contribution in [0.3, 0.4) is 0 Å². The summed E-state index contributed by atoms with van der Waals surface area (Å²) in [7, 11) is -1.46. The Morgan fingerprint density at radius 1 is 1.00 bits per heavy atom. The molecule has 0 radical (unpaired) electrons. The fourth-order valence-corrected chi connectivity index (χ4v) is 4.92. The van der Waals surface area contributed by atoms with Crippen LogP contribution < -0.4 is 5.32 Å². The molecule has 154 valence electrons. The van der Waals surface area contributed by atoms with E-state index in [1.807, 2.05) is 49.4 Å². The molecule has 1 aliphatic heterocycles. The average Bonchev–Trinajstić information content (AvgIpc) is 3.03. The lowest BCUT2D eigenvalue weighted by Gasteiger charge is -2.32. The normalized spacial score (nSPS) is 17.1. The molecule has 0 saturated heterocycles. The maximum atomic E-state index is 13.4. The summed E-state index contributed by atoms with van der Waals surface area (Å²) in [6.45, 7) is 8.68. The van der Waals surface area contributed by atoms with Crippen molar-refractivity contribution in [2.45, 2.75) is 38.6 Å². The van der Waals surface area contributed by atoms with Crippen LogP contribution in [0.4, 0.5) is 0 Å². The van der Waals surface area contributed by atoms with Gasteiger partial charge in [0.05, 0.1) is 14.1 Å². The van der Waals surface area contributed by atoms with Gasteiger partial charge in [0.1, 0.15) is 6.04 Å². The van der Waals surface area contributed by atoms with E-state index in [0.717, 1.165) is 21.9 Å². The zero-order valence-electron chi connectivity index (χ0n) is 18.0. The van der Waals surface area contributed by atoms with Gasteiger partial charge in [-0.05, 0) is 34.9 Å². The topological polar surface area (TPSA) is 49.4 Å². The lowest BCUT2D eigenvalue weighted by molar-refractivity contribution is -0.125. The minimum atomic E-state index is -1.46. The predicted octanol–water partition coefficient (Wildman–Crippen LogP) is 5.09. The van der Waals surface area contributed by atoms with Gasteiger partial charge < -0.3 is 10.2 Å². The largest absolute Gasteiger partial charge is 0.357 e. The van der Waals surface area contributed by atoms with Gasteiger partial charge in [-0.1, -0.05) is 80.3 Å². The van der Waals surface area contributed by atoms with Gasteiger partial charge in [0.15, 0.2) is 0 Å². The molecule has 30 heavy (non-hydrogen) atoms. The van der Waals surface area contributed by atoms with Crippen molar-refractivity contribution in [3.05, 3.63) is 83.4 Å². The second-order valence-electron chi connectivity index (χ2n) is 9.23. The van der Waals surface area contributed by atoms with Crippen molar-refractivity contribution in [3.63, 3.8) is 0 Å². The molecule has 0 spiro atoms. The van der Waals surface area contributed by atoms with E-state index in [1.54, 1.807) is 4.90 Å². The Kier molecular flexibility index (Phi) is 5.24. The highest BCUT2D eigenvalue weighted by Gasteiger charge is 2.43. The van der Waals surface area contributed by atoms with Gasteiger partial charge in [0, 0.05) is 11.7 Å². The number of amides is 2. The van der Waals surface area contributed by atoms with E-state index in [0.29, 0.717) is 11.7 Å². The van der Waals surface area contributed by atoms with Crippen LogP contribution in [0.2, 0.25) is 19.6 Å². The summed E-state index contributed by atoms with van der Waals surface area (Å²) >= 11 is 0. The molecule has 4 rings (SSSR count). The molecule has 0 bridgehead atoms. The molecule has 0 aromatic heterocycles. The van der Waals surface area contributed by atoms with Gasteiger partial charge >= 0.3 is 0 Å². The zero-order valence-corrected chi connectivity index (χ0v) is 19.0. The standard InChI is InChI=1S/C25H28N2O2Si/c1-17(19-15-9-11-18-10-5-6-12-20(18)19)27-23(24(28)26-16-30(2,3)4)21-13-7-8-14-22(21)25(27)29/h5-15,17,23H,16H2,1-4H3,(H,26,28). The monoisotopic (exact) mass is 416 g/mol. The Hall–Kier alpha value is -2.92. The van der Waals surface area contributed by atoms with Gasteiger partial charge in [-0.15, -0.1) is 0 Å². The molecular weight excluding hydrogens is 388 g/mol. The van der Waals surface area contributed by atoms with Crippen LogP contribution >= 0.6 is 0 Å². The molecule has 2 amide bonds. The van der Waals surface area contributed by atoms with Crippen molar-refractivity contribution in [1.82, 2.24) is 10.2 Å². The van der Waals surface area contributed by atoms with Crippen molar-refractivity contribution < 1.29 is 9.59 Å². The van der Waals surface area contributed by atoms with Crippen molar-refractivity contribution >= 4 is 30.7 Å². The smallest absolute Gasteiger partial charge is 0.255 e. The third-order valence-corrected chi connectivity index (χ3v) is 6.97. The minimum absolute atomic E-state index is 0.0841. The summed E-state index contributed by atoms with van der Waals surface area (Å²) in [5.74, 6) is -0.179. The highest BCUT2D eigenvalue weighted by Crippen LogP contribution is 2.41. The molecule has 0 fully saturated rings. The second-order valence-corrected chi connectivity index (χ2v) is 14.7. The minimum Gasteiger partial charge on any atom is -0.357 e. The summed E-state index contributed by atoms with van der Waals surface area (Å²) in [4.78, 5) is 28.5. The first kappa shape index (κ1) is 20.4. The number of benzene rings is 3. The molecule has 1 aliphatic rings. The summed E-state index contributed by atoms with van der Waals surface area (Å²) in [5, 5.41) is 5.37. The summed E-state index contributed by atoms with van der Waals surface area (Å²) in [6, 6.07) is 21.0. The van der Waals surface area contributed by atoms with Crippen LogP contribution in [-0.2, 0) is 4.79 Å². The molecule has 2 atom stereocenters. The third-order valence-electron chi connectivity index (χ3n) is 5.73. The van der Waals surface area contributed by atoms with Crippen LogP contribution in [-0.4, -0.2) is 31.0 Å². The predicted molar refractivity (Wildman–Crippen MR) is 124 cm³/mol. The second kappa shape index (κ2) is 7.72. The molecule has 1 N–H and O–H groups in total. The van der Waals surface area contributed by atoms with Gasteiger partial charge in [-0.3, -0.25) is 9.59 Å². The van der Waals surface area contributed by atoms with E-state index in [4.69, 9.17) is 0 Å². The fourth-order valence-electron chi connectivity index (χ4n) is 4.22. The highest BCUT2D eigenvalue weighted by atomic mass is 28.3. The number of nitrogens with zero attached hydrogens (tertiary/aromatic N) is 1. The number of fused-ring (bicyclic) bond motifs is 2. The number of rotatable bonds is 5. The first-order chi connectivity index (χ1) is 14.3. The number of hydrogen-bond acceptors (Lipinski definition) is 2. The van der Waals surface area contributed by atoms with Crippen molar-refractivity contribution in [3.8, 4) is 0 Å². The van der Waals surface area contributed by atoms with Crippen molar-refractivity contribution in [2.24, 2.45) is 0 Å². The van der Waals surface area contributed by atoms with Crippen LogP contribution in [0.5, 0.6) is 0 Å². The maximum Gasteiger partial charge on any atom is 0.255 e. The van der Waals surface area contributed by atoms with Crippen LogP contribution in [0.15, 0.2) is 66.7 Å². The molecule has 3 aromatic rings. The maximum absolute atomic E-state index is 13.4. The highest BCUT2D eigenvalue weighted by molar-refractivity contribution is 6.76. The molecule has 5 heteroatoms. The Morgan fingerprint density at radius 2 is 1.67 bits per heavy atom. The fraction of sp³-hybridized carbons (Fsp3) is 0.280. The molecule has 4 nitrogen and oxygen atoms in total. The van der Waals surface area contributed by atoms with Gasteiger partial charge in [0.2, 0.25) is 5.91 Å². The number of nitrogens with one attached hydrogen (secondary N) is 1. The van der Waals surface area contributed by atoms with Crippen LogP contribution in [0.1, 0.15) is 40.5 Å². The summed E-state index contributed by atoms with van der Waals surface area (Å²) in [5.41, 5.74) is 2.47. The molecular formula is C25H28N2O2Si. The molecule has 2 unspecified atom stereocenters. The van der Waals surface area contributed by atoms with Gasteiger partial charge in [-0.2, -0.15) is 0 Å². The third kappa shape index (κ3) is 3.65. The number of carbonyl (C=O) groups excluding carboxylic acids is 2. The van der Waals surface area contributed by atoms with E-state index >= 15 is 0 Å². The zero-order chi connectivity index (χ0) is 21.5. The van der Waals surface area contributed by atoms with E-state index in [1.165, 1.54) is 0 Å². The lowest BCUT2D eigenvalue weighted by atomic mass is 9.97. The Bertz CT molecular complexity index is 1110. The average molecular weight is 417 g/mol. The Balaban J connectivity index is 1.76. The SMILES string of the molecule is CC(c1cccc2ccccc12)N1C(=O)c2ccccc2C1C(=O)NC[Si](C)(C)C. The number of hydrogen-bond donors (Lipinski definition) is 1. The summed E-state index contributed by atoms with van der Waals surface area (Å²) in [6.07, 6.45) is 0.690. The molecule has 0 saturated carbocycles. The van der Waals surface area contributed by atoms with Crippen molar-refractivity contribution in [1.29, 1.82) is 0 Å². The Morgan fingerprint density at radius 3 is 2.43 bits per heavy atom. The molecule has 0 aliphatic carbocycles. The van der Waals surface area contributed by atoms with Crippen molar-refractivity contribution in [2.75, 3.05) is 6.17 Å². The van der Waals surface area contributed by atoms with E-state index in [-0.39, 0.29) is 17.9 Å². The molecule has 1 heterocycles. The summed E-state index contributed by atoms with van der Waals surface area (Å²) < 4.78 is 0. The van der Waals surface area contributed by atoms with E-state index < -0.39 is 14.1 Å². The van der Waals surface area contributed by atoms with Gasteiger partial charge in [-0.25, -0.2) is 0 Å².